The Balaban J connectivity index is 1.55. The van der Waals surface area contributed by atoms with Crippen molar-refractivity contribution >= 4 is 70.1 Å². The maximum atomic E-state index is 15.1. The molecule has 2 aliphatic heterocycles. The third kappa shape index (κ3) is 4.43. The minimum atomic E-state index is -2.81. The van der Waals surface area contributed by atoms with Crippen LogP contribution in [0.15, 0.2) is 29.8 Å². The van der Waals surface area contributed by atoms with E-state index in [-0.39, 0.29) is 46.9 Å². The molecule has 2 N–H and O–H groups in total. The number of phenolic OH excluding ortho intramolecular Hbond substituents is 1. The molecule has 2 heterocycles. The number of benzene rings is 2. The number of aromatic hydroxyl groups is 1. The number of carbonyl (C=O) groups is 5. The van der Waals surface area contributed by atoms with E-state index in [1.165, 1.54) is 12.1 Å². The molecule has 2 saturated heterocycles. The van der Waals surface area contributed by atoms with Crippen molar-refractivity contribution in [1.82, 2.24) is 4.90 Å². The maximum Gasteiger partial charge on any atom is 0.303 e. The first-order valence-corrected chi connectivity index (χ1v) is 15.2. The molecule has 17 heteroatoms. The van der Waals surface area contributed by atoms with E-state index in [9.17, 15) is 42.3 Å². The van der Waals surface area contributed by atoms with Gasteiger partial charge in [0.25, 0.3) is 11.8 Å². The van der Waals surface area contributed by atoms with Crippen molar-refractivity contribution in [3.63, 3.8) is 0 Å². The van der Waals surface area contributed by atoms with Crippen LogP contribution in [0.1, 0.15) is 37.2 Å². The molecular formula is C30H20Cl3F5N2O7. The van der Waals surface area contributed by atoms with Gasteiger partial charge in [-0.1, -0.05) is 23.3 Å². The van der Waals surface area contributed by atoms with Crippen LogP contribution < -0.4 is 4.90 Å². The molecule has 3 fully saturated rings. The Morgan fingerprint density at radius 1 is 0.915 bits per heavy atom. The lowest BCUT2D eigenvalue weighted by Crippen LogP contribution is -2.60. The van der Waals surface area contributed by atoms with Crippen molar-refractivity contribution in [1.29, 1.82) is 0 Å². The van der Waals surface area contributed by atoms with Gasteiger partial charge in [-0.2, -0.15) is 0 Å². The summed E-state index contributed by atoms with van der Waals surface area (Å²) in [4.78, 5) is 61.4. The molecule has 47 heavy (non-hydrogen) atoms. The van der Waals surface area contributed by atoms with Crippen molar-refractivity contribution < 1.29 is 56.1 Å². The highest BCUT2D eigenvalue weighted by atomic mass is 35.5. The summed E-state index contributed by atoms with van der Waals surface area (Å²) < 4.78 is 72.7. The van der Waals surface area contributed by atoms with Gasteiger partial charge in [0.05, 0.1) is 11.8 Å². The van der Waals surface area contributed by atoms with Crippen LogP contribution in [-0.2, 0) is 24.0 Å². The Labute approximate surface area is 276 Å². The smallest absolute Gasteiger partial charge is 0.303 e. The summed E-state index contributed by atoms with van der Waals surface area (Å²) in [5.74, 6) is -24.1. The van der Waals surface area contributed by atoms with Gasteiger partial charge in [0.1, 0.15) is 11.4 Å². The largest absolute Gasteiger partial charge is 0.508 e. The van der Waals surface area contributed by atoms with E-state index in [4.69, 9.17) is 39.9 Å². The Hall–Kier alpha value is -3.75. The lowest BCUT2D eigenvalue weighted by atomic mass is 9.56. The van der Waals surface area contributed by atoms with Gasteiger partial charge in [0, 0.05) is 29.5 Å². The third-order valence-electron chi connectivity index (χ3n) is 9.39. The highest BCUT2D eigenvalue weighted by Gasteiger charge is 2.77. The SMILES string of the molecule is O=C(O)CCCN1C(=O)[C@H]2[C@H](CC=C3[C@H]2C[C@@]2(Cl)C(=O)N(c4c(F)c(F)c(F)c(F)c4F)C(=O)[C@@]2(Cl)[C@H]3c2cc(Cl)ccc2O)C1=O. The highest BCUT2D eigenvalue weighted by Crippen LogP contribution is 2.66. The lowest BCUT2D eigenvalue weighted by Gasteiger charge is -2.50. The molecule has 6 rings (SSSR count). The second-order valence-corrected chi connectivity index (χ2v) is 13.4. The van der Waals surface area contributed by atoms with E-state index in [1.807, 2.05) is 0 Å². The Morgan fingerprint density at radius 2 is 1.53 bits per heavy atom. The van der Waals surface area contributed by atoms with Crippen molar-refractivity contribution in [3.05, 3.63) is 69.5 Å². The van der Waals surface area contributed by atoms with Crippen molar-refractivity contribution in [2.45, 2.75) is 41.3 Å². The molecule has 4 amide bonds. The quantitative estimate of drug-likeness (QED) is 0.105. The average Bonchev–Trinajstić information content (AvgIpc) is 3.34. The molecule has 0 aromatic heterocycles. The number of carbonyl (C=O) groups excluding carboxylic acids is 4. The first-order valence-electron chi connectivity index (χ1n) is 14.0. The Morgan fingerprint density at radius 3 is 2.15 bits per heavy atom. The average molecular weight is 722 g/mol. The summed E-state index contributed by atoms with van der Waals surface area (Å²) in [6.45, 7) is -0.242. The number of phenols is 1. The van der Waals surface area contributed by atoms with Crippen molar-refractivity contribution in [3.8, 4) is 5.75 Å². The molecule has 0 spiro atoms. The number of allylic oxidation sites excluding steroid dienone is 2. The number of carboxylic acids is 1. The molecule has 248 valence electrons. The Kier molecular flexibility index (Phi) is 7.88. The maximum absolute atomic E-state index is 15.1. The van der Waals surface area contributed by atoms with Crippen LogP contribution in [0, 0.1) is 46.8 Å². The van der Waals surface area contributed by atoms with Gasteiger partial charge in [0.2, 0.25) is 17.6 Å². The molecule has 4 aliphatic rings. The number of rotatable bonds is 6. The van der Waals surface area contributed by atoms with E-state index in [2.05, 4.69) is 0 Å². The normalized spacial score (nSPS) is 30.0. The van der Waals surface area contributed by atoms with Crippen LogP contribution >= 0.6 is 34.8 Å². The zero-order chi connectivity index (χ0) is 34.5. The molecule has 6 atom stereocenters. The number of hydrogen-bond donors (Lipinski definition) is 2. The molecule has 9 nitrogen and oxygen atoms in total. The van der Waals surface area contributed by atoms with Crippen molar-refractivity contribution in [2.75, 3.05) is 11.4 Å². The van der Waals surface area contributed by atoms with E-state index >= 15 is 8.78 Å². The lowest BCUT2D eigenvalue weighted by molar-refractivity contribution is -0.142. The van der Waals surface area contributed by atoms with E-state index in [1.54, 1.807) is 0 Å². The summed E-state index contributed by atoms with van der Waals surface area (Å²) in [6, 6.07) is 3.54. The molecular weight excluding hydrogens is 702 g/mol. The van der Waals surface area contributed by atoms with Crippen LogP contribution in [-0.4, -0.2) is 61.0 Å². The standard InChI is InChI=1S/C30H20Cl3F5N2O7/c31-10-3-6-15(41)13(8-10)18-11-4-5-12-17(26(45)39(25(12)44)7-1-2-16(42)43)14(11)9-29(32)27(46)40(28(47)30(18,29)33)24-22(37)20(35)19(34)21(36)23(24)38/h3-4,6,8,12,14,17-18,41H,1-2,5,7,9H2,(H,42,43)/t12-,14+,17-,18+,29+,30-/m0/s1. The first kappa shape index (κ1) is 33.2. The van der Waals surface area contributed by atoms with Gasteiger partial charge >= 0.3 is 5.97 Å². The molecule has 2 aromatic rings. The van der Waals surface area contributed by atoms with Crippen LogP contribution in [0.4, 0.5) is 27.6 Å². The summed E-state index contributed by atoms with van der Waals surface area (Å²) in [5.41, 5.74) is -2.02. The number of likely N-dealkylation sites (tertiary alicyclic amines) is 1. The third-order valence-corrected chi connectivity index (χ3v) is 11.0. The second kappa shape index (κ2) is 11.2. The zero-order valence-electron chi connectivity index (χ0n) is 23.5. The number of fused-ring (bicyclic) bond motifs is 4. The minimum absolute atomic E-state index is 0.0141. The van der Waals surface area contributed by atoms with Gasteiger partial charge < -0.3 is 10.2 Å². The number of carboxylic acid groups (broad SMARTS) is 1. The summed E-state index contributed by atoms with van der Waals surface area (Å²) in [6.07, 6.45) is 0.215. The number of hydrogen-bond acceptors (Lipinski definition) is 6. The van der Waals surface area contributed by atoms with Gasteiger partial charge in [-0.15, -0.1) is 23.2 Å². The number of aliphatic carboxylic acids is 1. The molecule has 2 aromatic carbocycles. The molecule has 2 aliphatic carbocycles. The molecule has 0 bridgehead atoms. The summed E-state index contributed by atoms with van der Waals surface area (Å²) in [5, 5.41) is 19.9. The molecule has 0 radical (unpaired) electrons. The minimum Gasteiger partial charge on any atom is -0.508 e. The fraction of sp³-hybridized carbons (Fsp3) is 0.367. The number of alkyl halides is 2. The summed E-state index contributed by atoms with van der Waals surface area (Å²) in [7, 11) is 0. The summed E-state index contributed by atoms with van der Waals surface area (Å²) >= 11 is 20.2. The monoisotopic (exact) mass is 720 g/mol. The highest BCUT2D eigenvalue weighted by molar-refractivity contribution is 6.58. The van der Waals surface area contributed by atoms with Gasteiger partial charge in [-0.25, -0.2) is 26.9 Å². The Bertz CT molecular complexity index is 1830. The number of amides is 4. The van der Waals surface area contributed by atoms with Gasteiger partial charge in [-0.05, 0) is 43.4 Å². The van der Waals surface area contributed by atoms with E-state index in [0.717, 1.165) is 17.0 Å². The predicted molar refractivity (Wildman–Crippen MR) is 153 cm³/mol. The van der Waals surface area contributed by atoms with E-state index in [0.29, 0.717) is 0 Å². The van der Waals surface area contributed by atoms with Crippen LogP contribution in [0.3, 0.4) is 0 Å². The number of halogens is 8. The van der Waals surface area contributed by atoms with Crippen LogP contribution in [0.25, 0.3) is 0 Å². The fourth-order valence-corrected chi connectivity index (χ4v) is 8.45. The topological polar surface area (TPSA) is 132 Å². The zero-order valence-corrected chi connectivity index (χ0v) is 25.8. The van der Waals surface area contributed by atoms with Crippen LogP contribution in [0.5, 0.6) is 5.75 Å². The van der Waals surface area contributed by atoms with Gasteiger partial charge in [-0.3, -0.25) is 28.9 Å². The predicted octanol–water partition coefficient (Wildman–Crippen LogP) is 5.17. The first-order chi connectivity index (χ1) is 22.0. The second-order valence-electron chi connectivity index (χ2n) is 11.7. The number of nitrogens with zero attached hydrogens (tertiary/aromatic N) is 2. The molecule has 1 saturated carbocycles. The molecule has 0 unspecified atom stereocenters. The number of imide groups is 2. The number of anilines is 1. The van der Waals surface area contributed by atoms with Gasteiger partial charge in [0.15, 0.2) is 33.0 Å². The van der Waals surface area contributed by atoms with E-state index < -0.39 is 110 Å². The fourth-order valence-electron chi connectivity index (χ4n) is 7.34. The van der Waals surface area contributed by atoms with Crippen LogP contribution in [0.2, 0.25) is 5.02 Å². The van der Waals surface area contributed by atoms with Crippen molar-refractivity contribution in [2.24, 2.45) is 17.8 Å².